The number of rotatable bonds is 4. The largest absolute Gasteiger partial charge is 0.495 e. The smallest absolute Gasteiger partial charge is 0.142 e. The quantitative estimate of drug-likeness (QED) is 0.908. The highest BCUT2D eigenvalue weighted by atomic mass is 16.5. The fraction of sp³-hybridized carbons (Fsp3) is 0.667. The molecule has 0 spiro atoms. The number of methoxy groups -OCH3 is 2. The third kappa shape index (κ3) is 2.74. The van der Waals surface area contributed by atoms with Gasteiger partial charge in [0.15, 0.2) is 0 Å². The van der Waals surface area contributed by atoms with Gasteiger partial charge in [-0.05, 0) is 43.7 Å². The molecule has 1 atom stereocenters. The van der Waals surface area contributed by atoms with E-state index >= 15 is 0 Å². The van der Waals surface area contributed by atoms with Crippen LogP contribution in [0, 0.1) is 5.92 Å². The van der Waals surface area contributed by atoms with E-state index < -0.39 is 0 Å². The van der Waals surface area contributed by atoms with Gasteiger partial charge in [0.05, 0.1) is 18.8 Å². The molecule has 0 amide bonds. The van der Waals surface area contributed by atoms with Gasteiger partial charge in [0, 0.05) is 13.3 Å². The molecule has 1 aromatic heterocycles. The lowest BCUT2D eigenvalue weighted by atomic mass is 9.74. The molecule has 1 unspecified atom stereocenters. The zero-order chi connectivity index (χ0) is 13.9. The van der Waals surface area contributed by atoms with Crippen LogP contribution in [0.15, 0.2) is 18.3 Å². The van der Waals surface area contributed by atoms with Crippen molar-refractivity contribution in [3.05, 3.63) is 24.0 Å². The van der Waals surface area contributed by atoms with Crippen molar-refractivity contribution in [2.75, 3.05) is 14.2 Å². The highest BCUT2D eigenvalue weighted by Gasteiger charge is 2.42. The van der Waals surface area contributed by atoms with Crippen LogP contribution in [-0.2, 0) is 4.74 Å². The molecule has 0 saturated heterocycles. The van der Waals surface area contributed by atoms with Crippen molar-refractivity contribution in [2.45, 2.75) is 44.2 Å². The molecular formula is C15H24N2O2. The molecule has 4 heteroatoms. The number of hydrogen-bond donors (Lipinski definition) is 1. The Morgan fingerprint density at radius 2 is 2.05 bits per heavy atom. The van der Waals surface area contributed by atoms with E-state index in [-0.39, 0.29) is 11.6 Å². The molecule has 0 bridgehead atoms. The van der Waals surface area contributed by atoms with Crippen LogP contribution in [0.25, 0.3) is 0 Å². The van der Waals surface area contributed by atoms with Gasteiger partial charge in [-0.15, -0.1) is 0 Å². The summed E-state index contributed by atoms with van der Waals surface area (Å²) < 4.78 is 11.2. The number of nitrogens with two attached hydrogens (primary N) is 1. The second-order valence-electron chi connectivity index (χ2n) is 5.52. The highest BCUT2D eigenvalue weighted by Crippen LogP contribution is 2.42. The summed E-state index contributed by atoms with van der Waals surface area (Å²) in [6.07, 6.45) is 6.01. The van der Waals surface area contributed by atoms with Gasteiger partial charge in [0.25, 0.3) is 0 Å². The van der Waals surface area contributed by atoms with Gasteiger partial charge in [0.1, 0.15) is 11.4 Å². The molecule has 1 aromatic rings. The summed E-state index contributed by atoms with van der Waals surface area (Å²) in [6, 6.07) is 3.51. The van der Waals surface area contributed by atoms with Gasteiger partial charge in [0.2, 0.25) is 0 Å². The van der Waals surface area contributed by atoms with Gasteiger partial charge in [-0.25, -0.2) is 0 Å². The monoisotopic (exact) mass is 264 g/mol. The standard InChI is InChI=1S/C15H24N2O2/c1-11-6-8-15(19-3,9-7-11)14(16)13-12(18-2)5-4-10-17-13/h4-5,10-11,14H,6-9,16H2,1-3H3. The molecule has 1 aliphatic rings. The first kappa shape index (κ1) is 14.3. The van der Waals surface area contributed by atoms with Crippen LogP contribution in [-0.4, -0.2) is 24.8 Å². The van der Waals surface area contributed by atoms with Crippen LogP contribution in [0.3, 0.4) is 0 Å². The lowest BCUT2D eigenvalue weighted by molar-refractivity contribution is -0.0684. The van der Waals surface area contributed by atoms with Crippen molar-refractivity contribution in [3.8, 4) is 5.75 Å². The zero-order valence-corrected chi connectivity index (χ0v) is 12.1. The zero-order valence-electron chi connectivity index (χ0n) is 12.1. The first-order valence-electron chi connectivity index (χ1n) is 6.92. The summed E-state index contributed by atoms with van der Waals surface area (Å²) in [7, 11) is 3.40. The van der Waals surface area contributed by atoms with E-state index in [4.69, 9.17) is 15.2 Å². The first-order chi connectivity index (χ1) is 9.13. The fourth-order valence-corrected chi connectivity index (χ4v) is 2.95. The van der Waals surface area contributed by atoms with Crippen molar-refractivity contribution in [1.82, 2.24) is 4.98 Å². The van der Waals surface area contributed by atoms with Crippen molar-refractivity contribution in [3.63, 3.8) is 0 Å². The van der Waals surface area contributed by atoms with E-state index in [1.54, 1.807) is 20.4 Å². The van der Waals surface area contributed by atoms with Crippen molar-refractivity contribution in [2.24, 2.45) is 11.7 Å². The molecule has 19 heavy (non-hydrogen) atoms. The number of aromatic nitrogens is 1. The predicted molar refractivity (Wildman–Crippen MR) is 75.1 cm³/mol. The molecule has 1 heterocycles. The summed E-state index contributed by atoms with van der Waals surface area (Å²) in [5.74, 6) is 1.49. The Labute approximate surface area is 115 Å². The number of ether oxygens (including phenoxy) is 2. The molecule has 0 aromatic carbocycles. The molecular weight excluding hydrogens is 240 g/mol. The SMILES string of the molecule is COc1cccnc1C(N)C1(OC)CCC(C)CC1. The predicted octanol–water partition coefficient (Wildman–Crippen LogP) is 2.69. The molecule has 1 aliphatic carbocycles. The molecule has 1 saturated carbocycles. The van der Waals surface area contributed by atoms with E-state index in [0.29, 0.717) is 0 Å². The molecule has 2 rings (SSSR count). The summed E-state index contributed by atoms with van der Waals surface area (Å²) in [5, 5.41) is 0. The van der Waals surface area contributed by atoms with Gasteiger partial charge >= 0.3 is 0 Å². The molecule has 4 nitrogen and oxygen atoms in total. The molecule has 2 N–H and O–H groups in total. The van der Waals surface area contributed by atoms with Crippen LogP contribution >= 0.6 is 0 Å². The maximum atomic E-state index is 6.47. The molecule has 0 aliphatic heterocycles. The number of nitrogens with zero attached hydrogens (tertiary/aromatic N) is 1. The Balaban J connectivity index is 2.27. The Hall–Kier alpha value is -1.13. The Morgan fingerprint density at radius 1 is 1.37 bits per heavy atom. The van der Waals surface area contributed by atoms with E-state index in [2.05, 4.69) is 11.9 Å². The number of pyridine rings is 1. The van der Waals surface area contributed by atoms with E-state index in [0.717, 1.165) is 43.0 Å². The normalized spacial score (nSPS) is 28.9. The third-order valence-corrected chi connectivity index (χ3v) is 4.41. The van der Waals surface area contributed by atoms with Gasteiger partial charge < -0.3 is 15.2 Å². The van der Waals surface area contributed by atoms with Crippen LogP contribution in [0.4, 0.5) is 0 Å². The lowest BCUT2D eigenvalue weighted by Gasteiger charge is -2.42. The maximum absolute atomic E-state index is 6.47. The van der Waals surface area contributed by atoms with Gasteiger partial charge in [-0.1, -0.05) is 6.92 Å². The van der Waals surface area contributed by atoms with Crippen molar-refractivity contribution < 1.29 is 9.47 Å². The second kappa shape index (κ2) is 5.88. The van der Waals surface area contributed by atoms with Crippen molar-refractivity contribution in [1.29, 1.82) is 0 Å². The average Bonchev–Trinajstić information content (AvgIpc) is 2.47. The van der Waals surface area contributed by atoms with Crippen LogP contribution in [0.1, 0.15) is 44.3 Å². The van der Waals surface area contributed by atoms with Crippen LogP contribution in [0.2, 0.25) is 0 Å². The maximum Gasteiger partial charge on any atom is 0.142 e. The fourth-order valence-electron chi connectivity index (χ4n) is 2.95. The first-order valence-corrected chi connectivity index (χ1v) is 6.92. The lowest BCUT2D eigenvalue weighted by Crippen LogP contribution is -2.46. The minimum absolute atomic E-state index is 0.249. The average molecular weight is 264 g/mol. The third-order valence-electron chi connectivity index (χ3n) is 4.41. The Bertz CT molecular complexity index is 414. The van der Waals surface area contributed by atoms with Crippen LogP contribution in [0.5, 0.6) is 5.75 Å². The Kier molecular flexibility index (Phi) is 4.42. The molecule has 106 valence electrons. The molecule has 0 radical (unpaired) electrons. The summed E-state index contributed by atoms with van der Waals surface area (Å²) >= 11 is 0. The van der Waals surface area contributed by atoms with E-state index in [1.807, 2.05) is 12.1 Å². The summed E-state index contributed by atoms with van der Waals surface area (Å²) in [5.41, 5.74) is 6.95. The highest BCUT2D eigenvalue weighted by molar-refractivity contribution is 5.31. The van der Waals surface area contributed by atoms with E-state index in [1.165, 1.54) is 0 Å². The summed E-state index contributed by atoms with van der Waals surface area (Å²) in [6.45, 7) is 2.28. The minimum atomic E-state index is -0.311. The molecule has 1 fully saturated rings. The van der Waals surface area contributed by atoms with Gasteiger partial charge in [-0.3, -0.25) is 4.98 Å². The number of hydrogen-bond acceptors (Lipinski definition) is 4. The van der Waals surface area contributed by atoms with Gasteiger partial charge in [-0.2, -0.15) is 0 Å². The van der Waals surface area contributed by atoms with Crippen LogP contribution < -0.4 is 10.5 Å². The van der Waals surface area contributed by atoms with Crippen molar-refractivity contribution >= 4 is 0 Å². The Morgan fingerprint density at radius 3 is 2.63 bits per heavy atom. The second-order valence-corrected chi connectivity index (χ2v) is 5.52. The minimum Gasteiger partial charge on any atom is -0.495 e. The topological polar surface area (TPSA) is 57.4 Å². The summed E-state index contributed by atoms with van der Waals surface area (Å²) in [4.78, 5) is 4.41. The van der Waals surface area contributed by atoms with E-state index in [9.17, 15) is 0 Å².